The number of halogens is 1. The van der Waals surface area contributed by atoms with Gasteiger partial charge in [0.05, 0.1) is 29.7 Å². The van der Waals surface area contributed by atoms with E-state index in [-0.39, 0.29) is 11.7 Å². The molecule has 0 bridgehead atoms. The fraction of sp³-hybridized carbons (Fsp3) is 0.300. The zero-order chi connectivity index (χ0) is 20.9. The third kappa shape index (κ3) is 4.75. The second-order valence-corrected chi connectivity index (χ2v) is 8.08. The Kier molecular flexibility index (Phi) is 6.51. The fourth-order valence-corrected chi connectivity index (χ4v) is 3.96. The lowest BCUT2D eigenvalue weighted by Crippen LogP contribution is -2.38. The highest BCUT2D eigenvalue weighted by Crippen LogP contribution is 2.29. The van der Waals surface area contributed by atoms with E-state index in [1.165, 1.54) is 18.0 Å². The van der Waals surface area contributed by atoms with Crippen molar-refractivity contribution in [1.82, 2.24) is 19.7 Å². The third-order valence-electron chi connectivity index (χ3n) is 4.59. The first kappa shape index (κ1) is 20.6. The number of thioether (sulfide) groups is 1. The fourth-order valence-electron chi connectivity index (χ4n) is 3.11. The number of rotatable bonds is 6. The molecule has 0 atom stereocenters. The molecule has 30 heavy (non-hydrogen) atoms. The molecule has 8 nitrogen and oxygen atoms in total. The maximum atomic E-state index is 12.4. The highest BCUT2D eigenvalue weighted by Gasteiger charge is 2.23. The summed E-state index contributed by atoms with van der Waals surface area (Å²) in [6.07, 6.45) is 1.49. The Bertz CT molecular complexity index is 1020. The molecule has 10 heteroatoms. The Morgan fingerprint density at radius 1 is 1.20 bits per heavy atom. The number of pyridine rings is 1. The van der Waals surface area contributed by atoms with E-state index in [1.54, 1.807) is 12.1 Å². The monoisotopic (exact) mass is 444 g/mol. The summed E-state index contributed by atoms with van der Waals surface area (Å²) < 4.78 is 7.48. The lowest BCUT2D eigenvalue weighted by molar-refractivity contribution is -0.113. The van der Waals surface area contributed by atoms with Gasteiger partial charge in [-0.15, -0.1) is 10.2 Å². The van der Waals surface area contributed by atoms with Crippen molar-refractivity contribution in [3.63, 3.8) is 0 Å². The summed E-state index contributed by atoms with van der Waals surface area (Å²) in [6, 6.07) is 11.4. The molecule has 1 saturated heterocycles. The average Bonchev–Trinajstić information content (AvgIpc) is 3.18. The van der Waals surface area contributed by atoms with E-state index >= 15 is 0 Å². The van der Waals surface area contributed by atoms with Crippen LogP contribution in [0.2, 0.25) is 5.02 Å². The highest BCUT2D eigenvalue weighted by molar-refractivity contribution is 7.99. The maximum Gasteiger partial charge on any atom is 0.236 e. The van der Waals surface area contributed by atoms with Crippen LogP contribution in [0.25, 0.3) is 5.69 Å². The molecule has 0 unspecified atom stereocenters. The van der Waals surface area contributed by atoms with E-state index in [0.29, 0.717) is 29.2 Å². The normalized spacial score (nSPS) is 14.0. The number of nitrogens with one attached hydrogen (secondary N) is 1. The van der Waals surface area contributed by atoms with Crippen LogP contribution in [0.3, 0.4) is 0 Å². The van der Waals surface area contributed by atoms with Gasteiger partial charge in [-0.1, -0.05) is 41.6 Å². The quantitative estimate of drug-likeness (QED) is 0.584. The first-order valence-corrected chi connectivity index (χ1v) is 10.9. The number of aromatic nitrogens is 4. The van der Waals surface area contributed by atoms with E-state index in [2.05, 4.69) is 25.4 Å². The number of ether oxygens (including phenoxy) is 1. The average molecular weight is 445 g/mol. The first-order valence-electron chi connectivity index (χ1n) is 9.50. The number of nitrogens with zero attached hydrogens (tertiary/aromatic N) is 5. The van der Waals surface area contributed by atoms with Crippen LogP contribution in [0.4, 0.5) is 11.8 Å². The number of aryl methyl sites for hydroxylation is 1. The Hall–Kier alpha value is -2.62. The largest absolute Gasteiger partial charge is 0.378 e. The Morgan fingerprint density at radius 2 is 2.00 bits per heavy atom. The van der Waals surface area contributed by atoms with Gasteiger partial charge < -0.3 is 15.0 Å². The molecule has 1 amide bonds. The van der Waals surface area contributed by atoms with E-state index in [4.69, 9.17) is 16.3 Å². The molecule has 2 aromatic heterocycles. The van der Waals surface area contributed by atoms with Crippen molar-refractivity contribution in [3.8, 4) is 5.69 Å². The summed E-state index contributed by atoms with van der Waals surface area (Å²) in [6.45, 7) is 4.85. The maximum absolute atomic E-state index is 12.4. The Morgan fingerprint density at radius 3 is 2.73 bits per heavy atom. The van der Waals surface area contributed by atoms with Crippen LogP contribution in [-0.4, -0.2) is 57.7 Å². The minimum Gasteiger partial charge on any atom is -0.378 e. The number of carbonyl (C=O) groups is 1. The number of hydrogen-bond acceptors (Lipinski definition) is 7. The molecule has 4 rings (SSSR count). The van der Waals surface area contributed by atoms with Gasteiger partial charge in [-0.25, -0.2) is 4.98 Å². The van der Waals surface area contributed by atoms with Gasteiger partial charge in [0.15, 0.2) is 5.16 Å². The lowest BCUT2D eigenvalue weighted by Gasteiger charge is -2.28. The Balaban J connectivity index is 1.55. The van der Waals surface area contributed by atoms with E-state index in [1.807, 2.05) is 35.8 Å². The molecule has 0 spiro atoms. The van der Waals surface area contributed by atoms with Crippen molar-refractivity contribution in [3.05, 3.63) is 53.2 Å². The van der Waals surface area contributed by atoms with Crippen LogP contribution >= 0.6 is 23.4 Å². The second-order valence-electron chi connectivity index (χ2n) is 6.70. The van der Waals surface area contributed by atoms with Gasteiger partial charge in [0.1, 0.15) is 5.82 Å². The number of carbonyl (C=O) groups excluding carboxylic acids is 1. The molecule has 0 aliphatic carbocycles. The van der Waals surface area contributed by atoms with E-state index < -0.39 is 0 Å². The summed E-state index contributed by atoms with van der Waals surface area (Å²) in [7, 11) is 0. The second kappa shape index (κ2) is 9.46. The van der Waals surface area contributed by atoms with Crippen molar-refractivity contribution in [1.29, 1.82) is 0 Å². The predicted octanol–water partition coefficient (Wildman–Crippen LogP) is 3.19. The Labute approximate surface area is 183 Å². The number of hydrogen-bond donors (Lipinski definition) is 1. The number of para-hydroxylation sites is 1. The molecule has 3 heterocycles. The van der Waals surface area contributed by atoms with Gasteiger partial charge in [-0.05, 0) is 30.7 Å². The van der Waals surface area contributed by atoms with Gasteiger partial charge >= 0.3 is 0 Å². The van der Waals surface area contributed by atoms with Crippen molar-refractivity contribution in [2.75, 3.05) is 42.3 Å². The van der Waals surface area contributed by atoms with Gasteiger partial charge in [0.25, 0.3) is 0 Å². The minimum absolute atomic E-state index is 0.178. The SMILES string of the molecule is Cc1ccccc1-n1c(SCC(=O)Nc2ccc(Cl)cn2)nnc1N1CCOCC1. The molecule has 1 aromatic carbocycles. The molecule has 1 N–H and O–H groups in total. The van der Waals surface area contributed by atoms with Crippen LogP contribution in [0.15, 0.2) is 47.8 Å². The highest BCUT2D eigenvalue weighted by atomic mass is 35.5. The van der Waals surface area contributed by atoms with Gasteiger partial charge in [0.2, 0.25) is 11.9 Å². The summed E-state index contributed by atoms with van der Waals surface area (Å²) >= 11 is 7.17. The number of benzene rings is 1. The summed E-state index contributed by atoms with van der Waals surface area (Å²) in [5.41, 5.74) is 2.09. The predicted molar refractivity (Wildman–Crippen MR) is 118 cm³/mol. The van der Waals surface area contributed by atoms with E-state index in [9.17, 15) is 4.79 Å². The van der Waals surface area contributed by atoms with Crippen LogP contribution in [0, 0.1) is 6.92 Å². The molecular formula is C20H21ClN6O2S. The molecule has 1 fully saturated rings. The number of morpholine rings is 1. The molecule has 1 aliphatic heterocycles. The number of anilines is 2. The molecule has 0 saturated carbocycles. The molecule has 156 valence electrons. The molecule has 3 aromatic rings. The zero-order valence-electron chi connectivity index (χ0n) is 16.4. The van der Waals surface area contributed by atoms with E-state index in [0.717, 1.165) is 30.3 Å². The first-order chi connectivity index (χ1) is 14.6. The van der Waals surface area contributed by atoms with Gasteiger partial charge in [-0.3, -0.25) is 9.36 Å². The van der Waals surface area contributed by atoms with Gasteiger partial charge in [0, 0.05) is 19.3 Å². The summed E-state index contributed by atoms with van der Waals surface area (Å²) in [5.74, 6) is 1.22. The zero-order valence-corrected chi connectivity index (χ0v) is 18.0. The van der Waals surface area contributed by atoms with Crippen LogP contribution in [0.5, 0.6) is 0 Å². The van der Waals surface area contributed by atoms with Crippen molar-refractivity contribution >= 4 is 41.0 Å². The molecule has 1 aliphatic rings. The lowest BCUT2D eigenvalue weighted by atomic mass is 10.2. The van der Waals surface area contributed by atoms with Crippen LogP contribution in [-0.2, 0) is 9.53 Å². The number of amides is 1. The summed E-state index contributed by atoms with van der Waals surface area (Å²) in [5, 5.41) is 12.8. The van der Waals surface area contributed by atoms with Gasteiger partial charge in [-0.2, -0.15) is 0 Å². The van der Waals surface area contributed by atoms with Crippen molar-refractivity contribution < 1.29 is 9.53 Å². The van der Waals surface area contributed by atoms with Crippen LogP contribution in [0.1, 0.15) is 5.56 Å². The van der Waals surface area contributed by atoms with Crippen molar-refractivity contribution in [2.45, 2.75) is 12.1 Å². The standard InChI is InChI=1S/C20H21ClN6O2S/c1-14-4-2-3-5-16(14)27-19(26-8-10-29-11-9-26)24-25-20(27)30-13-18(28)23-17-7-6-15(21)12-22-17/h2-7,12H,8-11,13H2,1H3,(H,22,23,28). The van der Waals surface area contributed by atoms with Crippen molar-refractivity contribution in [2.24, 2.45) is 0 Å². The van der Waals surface area contributed by atoms with Crippen LogP contribution < -0.4 is 10.2 Å². The topological polar surface area (TPSA) is 85.2 Å². The molecule has 0 radical (unpaired) electrons. The molecular weight excluding hydrogens is 424 g/mol. The minimum atomic E-state index is -0.179. The summed E-state index contributed by atoms with van der Waals surface area (Å²) in [4.78, 5) is 18.7. The third-order valence-corrected chi connectivity index (χ3v) is 5.75. The smallest absolute Gasteiger partial charge is 0.236 e.